The Morgan fingerprint density at radius 1 is 0.329 bits per heavy atom. The molecule has 0 radical (unpaired) electrons. The third-order valence-electron chi connectivity index (χ3n) is 16.1. The number of rotatable bonds is 5. The van der Waals surface area contributed by atoms with Crippen molar-refractivity contribution in [3.63, 3.8) is 0 Å². The Morgan fingerprint density at radius 2 is 0.886 bits per heavy atom. The fraction of sp³-hybridized carbons (Fsp3) is 0.0588. The first-order chi connectivity index (χ1) is 34.5. The van der Waals surface area contributed by atoms with Crippen LogP contribution in [0.15, 0.2) is 237 Å². The smallest absolute Gasteiger partial charge is 0.0726 e. The molecule has 1 aromatic heterocycles. The second-order valence-electron chi connectivity index (χ2n) is 19.9. The first-order valence-corrected chi connectivity index (χ1v) is 25.3. The Hall–Kier alpha value is -8.30. The molecule has 2 heteroatoms. The summed E-state index contributed by atoms with van der Waals surface area (Å²) in [5.74, 6) is 0. The van der Waals surface area contributed by atoms with Crippen molar-refractivity contribution in [2.75, 3.05) is 4.90 Å². The molecule has 3 aliphatic carbocycles. The zero-order chi connectivity index (χ0) is 46.3. The standard InChI is InChI=1S/C68H45NS/c1-67(2)56-26-12-8-20-48(56)49-36-35-45(41-61(49)67)69(44-33-31-43(32-34-44)42-17-4-3-5-18-42)62-40-38-47(46-19-6-7-21-50(46)62)52-25-16-29-59-64(52)54-23-9-13-27-57(54)68(59)58-28-14-10-24-55(58)65-60(68)39-37-53-51-22-11-15-30-63(51)70-66(53)65/h3-41H,1-2H3. The summed E-state index contributed by atoms with van der Waals surface area (Å²) in [4.78, 5) is 2.49. The van der Waals surface area contributed by atoms with Crippen LogP contribution in [0.3, 0.4) is 0 Å². The van der Waals surface area contributed by atoms with Gasteiger partial charge < -0.3 is 4.90 Å². The second kappa shape index (κ2) is 14.6. The molecule has 1 unspecified atom stereocenters. The van der Waals surface area contributed by atoms with Gasteiger partial charge in [0.1, 0.15) is 0 Å². The maximum absolute atomic E-state index is 2.49. The maximum atomic E-state index is 2.49. The summed E-state index contributed by atoms with van der Waals surface area (Å²) >= 11 is 1.94. The van der Waals surface area contributed by atoms with E-state index in [4.69, 9.17) is 0 Å². The molecule has 0 fully saturated rings. The first-order valence-electron chi connectivity index (χ1n) is 24.5. The Balaban J connectivity index is 0.947. The molecule has 0 N–H and O–H groups in total. The third-order valence-corrected chi connectivity index (χ3v) is 17.3. The lowest BCUT2D eigenvalue weighted by atomic mass is 9.70. The van der Waals surface area contributed by atoms with E-state index in [1.54, 1.807) is 0 Å². The molecule has 11 aromatic carbocycles. The minimum Gasteiger partial charge on any atom is -0.310 e. The highest BCUT2D eigenvalue weighted by atomic mass is 32.1. The largest absolute Gasteiger partial charge is 0.310 e. The SMILES string of the molecule is CC1(C)c2ccccc2-c2ccc(N(c3ccc(-c4ccccc4)cc3)c3ccc(-c4cccc5c4-c4ccccc4C54c5ccccc5-c5c4ccc4c5sc5ccccc54)c4ccccc34)cc21. The average molecular weight is 908 g/mol. The van der Waals surface area contributed by atoms with Crippen LogP contribution in [0.25, 0.3) is 86.6 Å². The van der Waals surface area contributed by atoms with Gasteiger partial charge in [-0.15, -0.1) is 11.3 Å². The summed E-state index contributed by atoms with van der Waals surface area (Å²) in [5, 5.41) is 5.11. The lowest BCUT2D eigenvalue weighted by Gasteiger charge is -2.31. The molecular formula is C68H45NS. The fourth-order valence-corrected chi connectivity index (χ4v) is 14.3. The monoisotopic (exact) mass is 907 g/mol. The normalized spacial score (nSPS) is 15.5. The van der Waals surface area contributed by atoms with E-state index < -0.39 is 5.41 Å². The number of anilines is 3. The van der Waals surface area contributed by atoms with Crippen molar-refractivity contribution in [1.29, 1.82) is 0 Å². The van der Waals surface area contributed by atoms with Gasteiger partial charge in [0, 0.05) is 47.9 Å². The molecule has 0 amide bonds. The average Bonchev–Trinajstić information content (AvgIpc) is 4.12. The van der Waals surface area contributed by atoms with E-state index >= 15 is 0 Å². The summed E-state index contributed by atoms with van der Waals surface area (Å²) in [7, 11) is 0. The molecule has 12 aromatic rings. The van der Waals surface area contributed by atoms with Crippen LogP contribution in [0.1, 0.15) is 47.2 Å². The highest BCUT2D eigenvalue weighted by molar-refractivity contribution is 7.26. The number of fused-ring (bicyclic) bond motifs is 18. The summed E-state index contributed by atoms with van der Waals surface area (Å²) in [5.41, 5.74) is 23.9. The lowest BCUT2D eigenvalue weighted by Crippen LogP contribution is -2.25. The number of benzene rings is 11. The molecule has 328 valence electrons. The number of nitrogens with zero attached hydrogens (tertiary/aromatic N) is 1. The van der Waals surface area contributed by atoms with Crippen LogP contribution >= 0.6 is 11.3 Å². The van der Waals surface area contributed by atoms with Crippen LogP contribution in [0, 0.1) is 0 Å². The Morgan fingerprint density at radius 3 is 1.67 bits per heavy atom. The number of thiophene rings is 1. The molecule has 1 atom stereocenters. The van der Waals surface area contributed by atoms with Crippen molar-refractivity contribution in [2.24, 2.45) is 0 Å². The molecule has 1 heterocycles. The second-order valence-corrected chi connectivity index (χ2v) is 20.9. The molecule has 0 aliphatic heterocycles. The minimum atomic E-state index is -0.461. The van der Waals surface area contributed by atoms with Crippen molar-refractivity contribution in [3.8, 4) is 55.6 Å². The van der Waals surface area contributed by atoms with Gasteiger partial charge in [-0.1, -0.05) is 214 Å². The molecule has 0 saturated carbocycles. The van der Waals surface area contributed by atoms with E-state index in [1.807, 2.05) is 11.3 Å². The van der Waals surface area contributed by atoms with Crippen molar-refractivity contribution in [3.05, 3.63) is 270 Å². The molecule has 1 spiro atoms. The maximum Gasteiger partial charge on any atom is 0.0726 e. The van der Waals surface area contributed by atoms with Gasteiger partial charge in [0.05, 0.1) is 11.1 Å². The van der Waals surface area contributed by atoms with Gasteiger partial charge >= 0.3 is 0 Å². The van der Waals surface area contributed by atoms with Crippen molar-refractivity contribution in [2.45, 2.75) is 24.7 Å². The van der Waals surface area contributed by atoms with E-state index in [0.29, 0.717) is 0 Å². The van der Waals surface area contributed by atoms with E-state index in [0.717, 1.165) is 17.1 Å². The van der Waals surface area contributed by atoms with Crippen LogP contribution in [-0.2, 0) is 10.8 Å². The molecule has 1 nitrogen and oxygen atoms in total. The van der Waals surface area contributed by atoms with Gasteiger partial charge in [0.15, 0.2) is 0 Å². The van der Waals surface area contributed by atoms with Gasteiger partial charge in [-0.2, -0.15) is 0 Å². The molecule has 0 bridgehead atoms. The minimum absolute atomic E-state index is 0.137. The van der Waals surface area contributed by atoms with Crippen LogP contribution in [0.2, 0.25) is 0 Å². The number of hydrogen-bond donors (Lipinski definition) is 0. The summed E-state index contributed by atoms with van der Waals surface area (Å²) in [6.07, 6.45) is 0. The fourth-order valence-electron chi connectivity index (χ4n) is 13.1. The molecular weight excluding hydrogens is 863 g/mol. The van der Waals surface area contributed by atoms with Gasteiger partial charge in [-0.3, -0.25) is 0 Å². The quantitative estimate of drug-likeness (QED) is 0.166. The van der Waals surface area contributed by atoms with Crippen LogP contribution in [0.4, 0.5) is 17.1 Å². The Bertz CT molecular complexity index is 4160. The van der Waals surface area contributed by atoms with Gasteiger partial charge in [-0.05, 0) is 125 Å². The van der Waals surface area contributed by atoms with Crippen molar-refractivity contribution < 1.29 is 0 Å². The van der Waals surface area contributed by atoms with E-state index in [9.17, 15) is 0 Å². The molecule has 70 heavy (non-hydrogen) atoms. The Kier molecular flexibility index (Phi) is 8.28. The van der Waals surface area contributed by atoms with Crippen molar-refractivity contribution in [1.82, 2.24) is 0 Å². The zero-order valence-corrected chi connectivity index (χ0v) is 39.7. The van der Waals surface area contributed by atoms with Gasteiger partial charge in [0.25, 0.3) is 0 Å². The topological polar surface area (TPSA) is 3.24 Å². The van der Waals surface area contributed by atoms with Gasteiger partial charge in [-0.25, -0.2) is 0 Å². The first kappa shape index (κ1) is 39.7. The highest BCUT2D eigenvalue weighted by Crippen LogP contribution is 2.66. The highest BCUT2D eigenvalue weighted by Gasteiger charge is 2.52. The molecule has 15 rings (SSSR count). The Labute approximate surface area is 412 Å². The van der Waals surface area contributed by atoms with E-state index in [1.165, 1.54) is 120 Å². The van der Waals surface area contributed by atoms with E-state index in [2.05, 4.69) is 255 Å². The van der Waals surface area contributed by atoms with Crippen LogP contribution < -0.4 is 4.90 Å². The van der Waals surface area contributed by atoms with Gasteiger partial charge in [0.2, 0.25) is 0 Å². The predicted molar refractivity (Wildman–Crippen MR) is 296 cm³/mol. The third kappa shape index (κ3) is 5.26. The zero-order valence-electron chi connectivity index (χ0n) is 38.9. The van der Waals surface area contributed by atoms with E-state index in [-0.39, 0.29) is 5.41 Å². The molecule has 3 aliphatic rings. The number of hydrogen-bond acceptors (Lipinski definition) is 2. The van der Waals surface area contributed by atoms with Crippen LogP contribution in [-0.4, -0.2) is 0 Å². The summed E-state index contributed by atoms with van der Waals surface area (Å²) < 4.78 is 2.71. The van der Waals surface area contributed by atoms with Crippen molar-refractivity contribution >= 4 is 59.3 Å². The summed E-state index contributed by atoms with van der Waals surface area (Å²) in [6, 6.07) is 89.1. The summed E-state index contributed by atoms with van der Waals surface area (Å²) in [6.45, 7) is 4.75. The molecule has 0 saturated heterocycles. The predicted octanol–water partition coefficient (Wildman–Crippen LogP) is 18.7. The lowest BCUT2D eigenvalue weighted by molar-refractivity contribution is 0.660. The van der Waals surface area contributed by atoms with Crippen LogP contribution in [0.5, 0.6) is 0 Å².